The molecule has 0 bridgehead atoms. The van der Waals surface area contributed by atoms with Crippen molar-refractivity contribution in [2.75, 3.05) is 13.2 Å². The van der Waals surface area contributed by atoms with Gasteiger partial charge < -0.3 is 15.4 Å². The second-order valence-corrected chi connectivity index (χ2v) is 4.52. The molecule has 0 saturated carbocycles. The zero-order valence-corrected chi connectivity index (χ0v) is 10.8. The van der Waals surface area contributed by atoms with Gasteiger partial charge in [-0.3, -0.25) is 9.59 Å². The molecule has 0 radical (unpaired) electrons. The molecule has 0 atom stereocenters. The predicted octanol–water partition coefficient (Wildman–Crippen LogP) is -0.0295. The first kappa shape index (κ1) is 15.4. The highest BCUT2D eigenvalue weighted by molar-refractivity contribution is 6.32. The molecule has 0 heterocycles. The van der Waals surface area contributed by atoms with E-state index in [1.165, 1.54) is 0 Å². The maximum Gasteiger partial charge on any atom is 0.396 e. The number of hydrogen-bond acceptors (Lipinski definition) is 4. The summed E-state index contributed by atoms with van der Waals surface area (Å²) in [6.45, 7) is 7.46. The fourth-order valence-electron chi connectivity index (χ4n) is 1.04. The quantitative estimate of drug-likeness (QED) is 0.537. The molecule has 0 unspecified atom stereocenters. The van der Waals surface area contributed by atoms with Gasteiger partial charge in [-0.05, 0) is 27.7 Å². The van der Waals surface area contributed by atoms with Crippen LogP contribution in [0.4, 0.5) is 0 Å². The Balaban J connectivity index is 3.81. The molecule has 2 amide bonds. The second kappa shape index (κ2) is 6.88. The molecule has 0 aromatic carbocycles. The molecule has 2 N–H and O–H groups in total. The van der Waals surface area contributed by atoms with Crippen LogP contribution in [0.1, 0.15) is 34.1 Å². The molecule has 6 nitrogen and oxygen atoms in total. The number of rotatable bonds is 4. The van der Waals surface area contributed by atoms with Crippen LogP contribution in [0.5, 0.6) is 0 Å². The van der Waals surface area contributed by atoms with Crippen molar-refractivity contribution in [2.45, 2.75) is 39.7 Å². The summed E-state index contributed by atoms with van der Waals surface area (Å²) in [6, 6.07) is 0. The molecule has 0 fully saturated rings. The second-order valence-electron chi connectivity index (χ2n) is 4.52. The third-order valence-electron chi connectivity index (χ3n) is 1.61. The van der Waals surface area contributed by atoms with Crippen molar-refractivity contribution in [3.8, 4) is 0 Å². The van der Waals surface area contributed by atoms with Crippen molar-refractivity contribution >= 4 is 17.8 Å². The van der Waals surface area contributed by atoms with Crippen LogP contribution in [0, 0.1) is 0 Å². The molecule has 17 heavy (non-hydrogen) atoms. The van der Waals surface area contributed by atoms with Crippen LogP contribution in [0.15, 0.2) is 0 Å². The van der Waals surface area contributed by atoms with Gasteiger partial charge in [0.2, 0.25) is 5.91 Å². The van der Waals surface area contributed by atoms with Gasteiger partial charge >= 0.3 is 11.9 Å². The summed E-state index contributed by atoms with van der Waals surface area (Å²) >= 11 is 0. The maximum absolute atomic E-state index is 11.4. The summed E-state index contributed by atoms with van der Waals surface area (Å²) in [6.07, 6.45) is 0.127. The first-order chi connectivity index (χ1) is 7.76. The van der Waals surface area contributed by atoms with Crippen LogP contribution < -0.4 is 10.6 Å². The highest BCUT2D eigenvalue weighted by Crippen LogP contribution is 1.98. The van der Waals surface area contributed by atoms with E-state index in [1.807, 2.05) is 20.8 Å². The number of hydrogen-bond donors (Lipinski definition) is 2. The molecule has 0 aromatic rings. The lowest BCUT2D eigenvalue weighted by Gasteiger charge is -2.20. The van der Waals surface area contributed by atoms with Crippen molar-refractivity contribution in [2.24, 2.45) is 0 Å². The number of nitrogens with one attached hydrogen (secondary N) is 2. The van der Waals surface area contributed by atoms with Crippen LogP contribution in [-0.4, -0.2) is 36.5 Å². The normalized spacial score (nSPS) is 10.6. The Morgan fingerprint density at radius 2 is 1.76 bits per heavy atom. The molecule has 0 rings (SSSR count). The highest BCUT2D eigenvalue weighted by Gasteiger charge is 2.16. The molecule has 0 aromatic heterocycles. The Morgan fingerprint density at radius 1 is 1.18 bits per heavy atom. The zero-order chi connectivity index (χ0) is 13.5. The van der Waals surface area contributed by atoms with Gasteiger partial charge in [-0.2, -0.15) is 0 Å². The zero-order valence-electron chi connectivity index (χ0n) is 10.8. The van der Waals surface area contributed by atoms with Crippen molar-refractivity contribution in [3.05, 3.63) is 0 Å². The van der Waals surface area contributed by atoms with Gasteiger partial charge in [-0.25, -0.2) is 4.79 Å². The molecule has 6 heteroatoms. The lowest BCUT2D eigenvalue weighted by molar-refractivity contribution is -0.154. The topological polar surface area (TPSA) is 84.5 Å². The van der Waals surface area contributed by atoms with Gasteiger partial charge in [0.1, 0.15) is 0 Å². The average molecular weight is 244 g/mol. The summed E-state index contributed by atoms with van der Waals surface area (Å²) in [7, 11) is 0. The summed E-state index contributed by atoms with van der Waals surface area (Å²) in [5, 5.41) is 5.05. The minimum absolute atomic E-state index is 0.111. The van der Waals surface area contributed by atoms with Gasteiger partial charge in [-0.1, -0.05) is 0 Å². The van der Waals surface area contributed by atoms with Crippen molar-refractivity contribution in [1.82, 2.24) is 10.6 Å². The molecule has 0 spiro atoms. The largest absolute Gasteiger partial charge is 0.459 e. The molecule has 0 saturated heterocycles. The summed E-state index contributed by atoms with van der Waals surface area (Å²) in [5.74, 6) is -1.93. The Kier molecular flexibility index (Phi) is 6.23. The van der Waals surface area contributed by atoms with Crippen molar-refractivity contribution in [1.29, 1.82) is 0 Å². The van der Waals surface area contributed by atoms with Crippen LogP contribution in [-0.2, 0) is 19.1 Å². The van der Waals surface area contributed by atoms with Crippen LogP contribution in [0.3, 0.4) is 0 Å². The van der Waals surface area contributed by atoms with Crippen molar-refractivity contribution < 1.29 is 19.1 Å². The van der Waals surface area contributed by atoms with Crippen LogP contribution in [0.25, 0.3) is 0 Å². The third kappa shape index (κ3) is 8.24. The number of ether oxygens (including phenoxy) is 1. The molecule has 0 aliphatic heterocycles. The van der Waals surface area contributed by atoms with E-state index in [0.717, 1.165) is 0 Å². The van der Waals surface area contributed by atoms with E-state index in [9.17, 15) is 14.4 Å². The Morgan fingerprint density at radius 3 is 2.24 bits per heavy atom. The standard InChI is InChI=1S/C11H20N2O4/c1-5-17-10(16)9(15)12-7-6-8(14)13-11(2,3)4/h5-7H2,1-4H3,(H,12,15)(H,13,14). The Labute approximate surface area is 101 Å². The smallest absolute Gasteiger partial charge is 0.396 e. The fourth-order valence-corrected chi connectivity index (χ4v) is 1.04. The SMILES string of the molecule is CCOC(=O)C(=O)NCCC(=O)NC(C)(C)C. The lowest BCUT2D eigenvalue weighted by Crippen LogP contribution is -2.42. The van der Waals surface area contributed by atoms with Gasteiger partial charge in [0.15, 0.2) is 0 Å². The predicted molar refractivity (Wildman–Crippen MR) is 62.2 cm³/mol. The minimum atomic E-state index is -0.927. The van der Waals surface area contributed by atoms with E-state index in [1.54, 1.807) is 6.92 Å². The number of carbonyl (C=O) groups excluding carboxylic acids is 3. The van der Waals surface area contributed by atoms with E-state index in [0.29, 0.717) is 0 Å². The lowest BCUT2D eigenvalue weighted by atomic mass is 10.1. The van der Waals surface area contributed by atoms with Gasteiger partial charge in [0.05, 0.1) is 6.61 Å². The van der Waals surface area contributed by atoms with Gasteiger partial charge in [0, 0.05) is 18.5 Å². The number of esters is 1. The minimum Gasteiger partial charge on any atom is -0.459 e. The number of amides is 2. The summed E-state index contributed by atoms with van der Waals surface area (Å²) < 4.78 is 4.49. The number of carbonyl (C=O) groups is 3. The first-order valence-corrected chi connectivity index (χ1v) is 5.52. The van der Waals surface area contributed by atoms with Crippen molar-refractivity contribution in [3.63, 3.8) is 0 Å². The molecular formula is C11H20N2O4. The van der Waals surface area contributed by atoms with E-state index < -0.39 is 11.9 Å². The Hall–Kier alpha value is -1.59. The van der Waals surface area contributed by atoms with E-state index >= 15 is 0 Å². The maximum atomic E-state index is 11.4. The summed E-state index contributed by atoms with van der Waals surface area (Å²) in [5.41, 5.74) is -0.303. The fraction of sp³-hybridized carbons (Fsp3) is 0.727. The van der Waals surface area contributed by atoms with E-state index in [4.69, 9.17) is 0 Å². The average Bonchev–Trinajstić information content (AvgIpc) is 2.14. The molecule has 0 aliphatic carbocycles. The molecule has 98 valence electrons. The summed E-state index contributed by atoms with van der Waals surface area (Å²) in [4.78, 5) is 33.4. The van der Waals surface area contributed by atoms with E-state index in [-0.39, 0.29) is 31.0 Å². The van der Waals surface area contributed by atoms with E-state index in [2.05, 4.69) is 15.4 Å². The van der Waals surface area contributed by atoms with Gasteiger partial charge in [-0.15, -0.1) is 0 Å². The Bertz CT molecular complexity index is 294. The van der Waals surface area contributed by atoms with Crippen LogP contribution in [0.2, 0.25) is 0 Å². The molecule has 0 aliphatic rings. The highest BCUT2D eigenvalue weighted by atomic mass is 16.5. The molecular weight excluding hydrogens is 224 g/mol. The van der Waals surface area contributed by atoms with Gasteiger partial charge in [0.25, 0.3) is 0 Å². The first-order valence-electron chi connectivity index (χ1n) is 5.52. The van der Waals surface area contributed by atoms with Crippen LogP contribution >= 0.6 is 0 Å². The monoisotopic (exact) mass is 244 g/mol. The third-order valence-corrected chi connectivity index (χ3v) is 1.61.